The molecule has 0 saturated carbocycles. The Morgan fingerprint density at radius 2 is 1.95 bits per heavy atom. The number of rotatable bonds is 2. The molecule has 6 nitrogen and oxygen atoms in total. The summed E-state index contributed by atoms with van der Waals surface area (Å²) in [6.07, 6.45) is 0. The monoisotopic (exact) mass is 277 g/mol. The van der Waals surface area contributed by atoms with Gasteiger partial charge in [-0.25, -0.2) is 4.98 Å². The van der Waals surface area contributed by atoms with Gasteiger partial charge in [0.15, 0.2) is 5.84 Å². The molecular weight excluding hydrogens is 254 g/mol. The fourth-order valence-electron chi connectivity index (χ4n) is 2.61. The van der Waals surface area contributed by atoms with E-state index >= 15 is 0 Å². The number of anilines is 1. The van der Waals surface area contributed by atoms with Gasteiger partial charge in [-0.1, -0.05) is 5.16 Å². The van der Waals surface area contributed by atoms with Crippen LogP contribution in [0.15, 0.2) is 17.3 Å². The van der Waals surface area contributed by atoms with E-state index in [9.17, 15) is 0 Å². The van der Waals surface area contributed by atoms with Crippen molar-refractivity contribution in [1.82, 2.24) is 9.88 Å². The summed E-state index contributed by atoms with van der Waals surface area (Å²) in [6.45, 7) is 8.19. The lowest BCUT2D eigenvalue weighted by Gasteiger charge is -2.43. The molecule has 2 unspecified atom stereocenters. The van der Waals surface area contributed by atoms with Crippen LogP contribution in [0.2, 0.25) is 0 Å². The lowest BCUT2D eigenvalue weighted by molar-refractivity contribution is 0.169. The molecule has 0 aliphatic carbocycles. The fraction of sp³-hybridized carbons (Fsp3) is 0.571. The van der Waals surface area contributed by atoms with E-state index in [1.807, 2.05) is 19.1 Å². The molecule has 0 radical (unpaired) electrons. The van der Waals surface area contributed by atoms with Crippen molar-refractivity contribution in [1.29, 1.82) is 0 Å². The molecule has 0 amide bonds. The van der Waals surface area contributed by atoms with Crippen LogP contribution in [0.5, 0.6) is 0 Å². The minimum absolute atomic E-state index is 0.118. The molecule has 0 bridgehead atoms. The largest absolute Gasteiger partial charge is 0.409 e. The van der Waals surface area contributed by atoms with E-state index < -0.39 is 0 Å². The van der Waals surface area contributed by atoms with Crippen LogP contribution >= 0.6 is 0 Å². The maximum absolute atomic E-state index is 8.82. The van der Waals surface area contributed by atoms with Gasteiger partial charge < -0.3 is 15.8 Å². The number of hydrogen-bond donors (Lipinski definition) is 2. The summed E-state index contributed by atoms with van der Waals surface area (Å²) in [7, 11) is 2.15. The highest BCUT2D eigenvalue weighted by Gasteiger charge is 2.27. The van der Waals surface area contributed by atoms with Gasteiger partial charge >= 0.3 is 0 Å². The first-order valence-electron chi connectivity index (χ1n) is 6.86. The summed E-state index contributed by atoms with van der Waals surface area (Å²) in [5, 5.41) is 11.9. The first kappa shape index (κ1) is 14.6. The second-order valence-electron chi connectivity index (χ2n) is 5.61. The smallest absolute Gasteiger partial charge is 0.170 e. The maximum atomic E-state index is 8.82. The second-order valence-corrected chi connectivity index (χ2v) is 5.61. The summed E-state index contributed by atoms with van der Waals surface area (Å²) in [4.78, 5) is 9.22. The summed E-state index contributed by atoms with van der Waals surface area (Å²) in [6, 6.07) is 4.63. The summed E-state index contributed by atoms with van der Waals surface area (Å²) >= 11 is 0. The van der Waals surface area contributed by atoms with Crippen LogP contribution in [0, 0.1) is 6.92 Å². The third-order valence-electron chi connectivity index (χ3n) is 4.03. The van der Waals surface area contributed by atoms with E-state index in [-0.39, 0.29) is 5.84 Å². The van der Waals surface area contributed by atoms with Crippen molar-refractivity contribution in [3.05, 3.63) is 23.4 Å². The van der Waals surface area contributed by atoms with Gasteiger partial charge in [0.2, 0.25) is 0 Å². The molecule has 110 valence electrons. The standard InChI is InChI=1S/C14H23N5O/c1-9-5-12(14(15)17-20)6-13(16-9)19-7-10(2)18(4)11(3)8-19/h5-6,10-11,20H,7-8H2,1-4H3,(H2,15,17). The zero-order chi connectivity index (χ0) is 14.9. The first-order chi connectivity index (χ1) is 9.42. The molecule has 1 aliphatic heterocycles. The Bertz CT molecular complexity index is 504. The van der Waals surface area contributed by atoms with Crippen molar-refractivity contribution in [2.45, 2.75) is 32.9 Å². The van der Waals surface area contributed by atoms with Crippen molar-refractivity contribution in [3.63, 3.8) is 0 Å². The van der Waals surface area contributed by atoms with E-state index in [1.54, 1.807) is 0 Å². The molecule has 2 rings (SSSR count). The van der Waals surface area contributed by atoms with E-state index in [1.165, 1.54) is 0 Å². The minimum Gasteiger partial charge on any atom is -0.409 e. The van der Waals surface area contributed by atoms with Crippen molar-refractivity contribution >= 4 is 11.7 Å². The average Bonchev–Trinajstić information content (AvgIpc) is 2.42. The molecule has 1 saturated heterocycles. The van der Waals surface area contributed by atoms with Crippen molar-refractivity contribution in [2.24, 2.45) is 10.9 Å². The third kappa shape index (κ3) is 2.85. The van der Waals surface area contributed by atoms with E-state index in [0.717, 1.165) is 24.6 Å². The van der Waals surface area contributed by atoms with E-state index in [2.05, 4.69) is 40.8 Å². The Kier molecular flexibility index (Phi) is 4.13. The third-order valence-corrected chi connectivity index (χ3v) is 4.03. The van der Waals surface area contributed by atoms with Crippen LogP contribution in [0.25, 0.3) is 0 Å². The molecule has 1 fully saturated rings. The van der Waals surface area contributed by atoms with Gasteiger partial charge in [0.1, 0.15) is 5.82 Å². The number of aryl methyl sites for hydroxylation is 1. The molecule has 6 heteroatoms. The number of nitrogens with zero attached hydrogens (tertiary/aromatic N) is 4. The molecule has 0 aromatic carbocycles. The number of aromatic nitrogens is 1. The SMILES string of the molecule is Cc1cc(/C(N)=N/O)cc(N2CC(C)N(C)C(C)C2)n1. The Labute approximate surface area is 119 Å². The van der Waals surface area contributed by atoms with Gasteiger partial charge in [0.05, 0.1) is 0 Å². The fourth-order valence-corrected chi connectivity index (χ4v) is 2.61. The highest BCUT2D eigenvalue weighted by Crippen LogP contribution is 2.21. The van der Waals surface area contributed by atoms with Crippen LogP contribution < -0.4 is 10.6 Å². The molecule has 1 aromatic heterocycles. The lowest BCUT2D eigenvalue weighted by atomic mass is 10.1. The van der Waals surface area contributed by atoms with E-state index in [4.69, 9.17) is 10.9 Å². The predicted molar refractivity (Wildman–Crippen MR) is 80.4 cm³/mol. The second kappa shape index (κ2) is 5.66. The number of oxime groups is 1. The van der Waals surface area contributed by atoms with Crippen molar-refractivity contribution < 1.29 is 5.21 Å². The number of nitrogens with two attached hydrogens (primary N) is 1. The Balaban J connectivity index is 2.31. The maximum Gasteiger partial charge on any atom is 0.170 e. The molecule has 20 heavy (non-hydrogen) atoms. The molecular formula is C14H23N5O. The molecule has 2 atom stereocenters. The number of likely N-dealkylation sites (N-methyl/N-ethyl adjacent to an activating group) is 1. The van der Waals surface area contributed by atoms with Gasteiger partial charge in [0.25, 0.3) is 0 Å². The first-order valence-corrected chi connectivity index (χ1v) is 6.86. The minimum atomic E-state index is 0.118. The highest BCUT2D eigenvalue weighted by molar-refractivity contribution is 5.97. The number of piperazine rings is 1. The average molecular weight is 277 g/mol. The van der Waals surface area contributed by atoms with Gasteiger partial charge in [0, 0.05) is 36.4 Å². The Hall–Kier alpha value is -1.82. The summed E-state index contributed by atoms with van der Waals surface area (Å²) < 4.78 is 0. The van der Waals surface area contributed by atoms with Crippen LogP contribution in [-0.2, 0) is 0 Å². The highest BCUT2D eigenvalue weighted by atomic mass is 16.4. The number of hydrogen-bond acceptors (Lipinski definition) is 5. The number of pyridine rings is 1. The quantitative estimate of drug-likeness (QED) is 0.365. The summed E-state index contributed by atoms with van der Waals surface area (Å²) in [5.41, 5.74) is 7.25. The lowest BCUT2D eigenvalue weighted by Crippen LogP contribution is -2.55. The molecule has 0 spiro atoms. The van der Waals surface area contributed by atoms with Crippen molar-refractivity contribution in [3.8, 4) is 0 Å². The molecule has 1 aliphatic rings. The zero-order valence-electron chi connectivity index (χ0n) is 12.5. The van der Waals surface area contributed by atoms with Crippen LogP contribution in [0.4, 0.5) is 5.82 Å². The Morgan fingerprint density at radius 1 is 1.35 bits per heavy atom. The predicted octanol–water partition coefficient (Wildman–Crippen LogP) is 1.01. The van der Waals surface area contributed by atoms with Crippen LogP contribution in [0.3, 0.4) is 0 Å². The van der Waals surface area contributed by atoms with Crippen molar-refractivity contribution in [2.75, 3.05) is 25.0 Å². The topological polar surface area (TPSA) is 78.0 Å². The van der Waals surface area contributed by atoms with Gasteiger partial charge in [-0.3, -0.25) is 4.90 Å². The van der Waals surface area contributed by atoms with E-state index in [0.29, 0.717) is 17.6 Å². The van der Waals surface area contributed by atoms with Crippen LogP contribution in [-0.4, -0.2) is 53.1 Å². The molecule has 1 aromatic rings. The van der Waals surface area contributed by atoms with Gasteiger partial charge in [-0.15, -0.1) is 0 Å². The van der Waals surface area contributed by atoms with Gasteiger partial charge in [-0.05, 0) is 40.0 Å². The molecule has 3 N–H and O–H groups in total. The number of amidine groups is 1. The normalized spacial score (nSPS) is 25.0. The summed E-state index contributed by atoms with van der Waals surface area (Å²) in [5.74, 6) is 1.00. The Morgan fingerprint density at radius 3 is 2.50 bits per heavy atom. The van der Waals surface area contributed by atoms with Gasteiger partial charge in [-0.2, -0.15) is 0 Å². The zero-order valence-corrected chi connectivity index (χ0v) is 12.5. The molecule has 2 heterocycles. The van der Waals surface area contributed by atoms with Crippen LogP contribution in [0.1, 0.15) is 25.1 Å².